The summed E-state index contributed by atoms with van der Waals surface area (Å²) < 4.78 is 25.8. The number of hydrogen-bond donors (Lipinski definition) is 1. The van der Waals surface area contributed by atoms with E-state index < -0.39 is 17.6 Å². The Bertz CT molecular complexity index is 704. The highest BCUT2D eigenvalue weighted by atomic mass is 19.3. The lowest BCUT2D eigenvalue weighted by molar-refractivity contribution is -0.123. The number of amides is 1. The molecule has 0 aromatic carbocycles. The Hall–Kier alpha value is -2.09. The molecule has 1 saturated heterocycles. The molecular weight excluding hydrogens is 342 g/mol. The quantitative estimate of drug-likeness (QED) is 0.889. The summed E-state index contributed by atoms with van der Waals surface area (Å²) in [5, 5.41) is 6.61. The molecule has 1 aliphatic carbocycles. The van der Waals surface area contributed by atoms with Gasteiger partial charge in [-0.3, -0.25) is 14.7 Å². The van der Waals surface area contributed by atoms with Crippen molar-refractivity contribution in [1.29, 1.82) is 0 Å². The molecule has 1 amide bonds. The Balaban J connectivity index is 1.32. The maximum absolute atomic E-state index is 12.9. The fraction of sp³-hybridized carbons (Fsp3) is 0.611. The standard InChI is InChI=1S/C18H22F2N4O2/c19-18(20)8-14(9-18)22-16(25)15-10-17(26-23-15)5-3-7-24(12-17)11-13-4-1-2-6-21-13/h1-2,4,6,14H,3,5,7-12H2,(H,22,25)/t17-/m0/s1. The van der Waals surface area contributed by atoms with Gasteiger partial charge < -0.3 is 10.2 Å². The number of piperidine rings is 1. The minimum absolute atomic E-state index is 0.296. The summed E-state index contributed by atoms with van der Waals surface area (Å²) in [7, 11) is 0. The lowest BCUT2D eigenvalue weighted by atomic mass is 9.86. The number of nitrogens with zero attached hydrogens (tertiary/aromatic N) is 3. The second-order valence-electron chi connectivity index (χ2n) is 7.56. The normalized spacial score (nSPS) is 28.3. The van der Waals surface area contributed by atoms with E-state index in [0.717, 1.165) is 31.6 Å². The maximum Gasteiger partial charge on any atom is 0.269 e. The first-order chi connectivity index (χ1) is 12.4. The van der Waals surface area contributed by atoms with Gasteiger partial charge in [-0.25, -0.2) is 8.78 Å². The molecule has 1 aromatic heterocycles. The lowest BCUT2D eigenvalue weighted by Crippen LogP contribution is -2.53. The molecule has 1 N–H and O–H groups in total. The summed E-state index contributed by atoms with van der Waals surface area (Å²) in [6, 6.07) is 5.37. The van der Waals surface area contributed by atoms with Crippen LogP contribution < -0.4 is 5.32 Å². The molecule has 2 aliphatic heterocycles. The van der Waals surface area contributed by atoms with Gasteiger partial charge in [-0.1, -0.05) is 11.2 Å². The second-order valence-corrected chi connectivity index (χ2v) is 7.56. The van der Waals surface area contributed by atoms with Crippen LogP contribution in [0.2, 0.25) is 0 Å². The number of halogens is 2. The summed E-state index contributed by atoms with van der Waals surface area (Å²) in [6.45, 7) is 2.34. The molecule has 8 heteroatoms. The van der Waals surface area contributed by atoms with Gasteiger partial charge in [-0.15, -0.1) is 0 Å². The van der Waals surface area contributed by atoms with Crippen molar-refractivity contribution < 1.29 is 18.4 Å². The summed E-state index contributed by atoms with van der Waals surface area (Å²) in [6.07, 6.45) is 3.38. The lowest BCUT2D eigenvalue weighted by Gasteiger charge is -2.38. The van der Waals surface area contributed by atoms with E-state index in [-0.39, 0.29) is 18.7 Å². The van der Waals surface area contributed by atoms with Crippen molar-refractivity contribution in [2.75, 3.05) is 13.1 Å². The van der Waals surface area contributed by atoms with Crippen molar-refractivity contribution in [3.63, 3.8) is 0 Å². The Morgan fingerprint density at radius 2 is 2.23 bits per heavy atom. The van der Waals surface area contributed by atoms with Crippen molar-refractivity contribution in [3.05, 3.63) is 30.1 Å². The van der Waals surface area contributed by atoms with Crippen LogP contribution >= 0.6 is 0 Å². The summed E-state index contributed by atoms with van der Waals surface area (Å²) in [5.74, 6) is -3.04. The van der Waals surface area contributed by atoms with Crippen LogP contribution in [0.1, 0.15) is 37.8 Å². The zero-order chi connectivity index (χ0) is 18.2. The third kappa shape index (κ3) is 3.70. The molecule has 4 rings (SSSR count). The molecule has 0 bridgehead atoms. The van der Waals surface area contributed by atoms with Crippen LogP contribution in [0.5, 0.6) is 0 Å². The molecule has 2 fully saturated rings. The maximum atomic E-state index is 12.9. The zero-order valence-electron chi connectivity index (χ0n) is 14.5. The first kappa shape index (κ1) is 17.3. The number of carbonyl (C=O) groups excluding carboxylic acids is 1. The average Bonchev–Trinajstić information content (AvgIpc) is 2.97. The monoisotopic (exact) mass is 364 g/mol. The molecule has 3 heterocycles. The average molecular weight is 364 g/mol. The minimum atomic E-state index is -2.65. The summed E-state index contributed by atoms with van der Waals surface area (Å²) >= 11 is 0. The van der Waals surface area contributed by atoms with Crippen molar-refractivity contribution >= 4 is 11.6 Å². The van der Waals surface area contributed by atoms with E-state index in [4.69, 9.17) is 4.84 Å². The fourth-order valence-electron chi connectivity index (χ4n) is 3.94. The van der Waals surface area contributed by atoms with E-state index >= 15 is 0 Å². The second kappa shape index (κ2) is 6.57. The predicted molar refractivity (Wildman–Crippen MR) is 90.7 cm³/mol. The molecule has 6 nitrogen and oxygen atoms in total. The number of hydrogen-bond acceptors (Lipinski definition) is 5. The van der Waals surface area contributed by atoms with Gasteiger partial charge in [0.05, 0.1) is 5.69 Å². The Labute approximate surface area is 150 Å². The Morgan fingerprint density at radius 1 is 1.38 bits per heavy atom. The first-order valence-electron chi connectivity index (χ1n) is 8.99. The molecule has 26 heavy (non-hydrogen) atoms. The van der Waals surface area contributed by atoms with Gasteiger partial charge in [0.1, 0.15) is 5.71 Å². The third-order valence-electron chi connectivity index (χ3n) is 5.26. The number of rotatable bonds is 4. The highest BCUT2D eigenvalue weighted by Gasteiger charge is 2.48. The van der Waals surface area contributed by atoms with Crippen molar-refractivity contribution in [1.82, 2.24) is 15.2 Å². The highest BCUT2D eigenvalue weighted by Crippen LogP contribution is 2.38. The fourth-order valence-corrected chi connectivity index (χ4v) is 3.94. The van der Waals surface area contributed by atoms with Crippen LogP contribution in [0.4, 0.5) is 8.78 Å². The van der Waals surface area contributed by atoms with E-state index in [0.29, 0.717) is 18.7 Å². The van der Waals surface area contributed by atoms with E-state index in [1.165, 1.54) is 0 Å². The van der Waals surface area contributed by atoms with Gasteiger partial charge in [-0.05, 0) is 31.5 Å². The number of carbonyl (C=O) groups is 1. The smallest absolute Gasteiger partial charge is 0.269 e. The van der Waals surface area contributed by atoms with Crippen molar-refractivity contribution in [2.45, 2.75) is 56.2 Å². The summed E-state index contributed by atoms with van der Waals surface area (Å²) in [4.78, 5) is 24.6. The first-order valence-corrected chi connectivity index (χ1v) is 8.99. The molecule has 0 unspecified atom stereocenters. The molecule has 1 spiro atoms. The van der Waals surface area contributed by atoms with Crippen LogP contribution in [-0.4, -0.2) is 52.2 Å². The minimum Gasteiger partial charge on any atom is -0.387 e. The molecule has 3 aliphatic rings. The molecule has 140 valence electrons. The van der Waals surface area contributed by atoms with Crippen LogP contribution in [-0.2, 0) is 16.2 Å². The predicted octanol–water partition coefficient (Wildman–Crippen LogP) is 2.11. The number of nitrogens with one attached hydrogen (secondary N) is 1. The van der Waals surface area contributed by atoms with Crippen molar-refractivity contribution in [2.24, 2.45) is 5.16 Å². The van der Waals surface area contributed by atoms with Gasteiger partial charge in [0.25, 0.3) is 11.8 Å². The molecule has 1 saturated carbocycles. The molecule has 1 aromatic rings. The number of pyridine rings is 1. The van der Waals surface area contributed by atoms with Gasteiger partial charge in [0.2, 0.25) is 0 Å². The van der Waals surface area contributed by atoms with E-state index in [1.807, 2.05) is 18.2 Å². The topological polar surface area (TPSA) is 66.8 Å². The number of likely N-dealkylation sites (tertiary alicyclic amines) is 1. The third-order valence-corrected chi connectivity index (χ3v) is 5.26. The van der Waals surface area contributed by atoms with Crippen LogP contribution in [0.15, 0.2) is 29.6 Å². The number of aromatic nitrogens is 1. The van der Waals surface area contributed by atoms with Crippen LogP contribution in [0.3, 0.4) is 0 Å². The largest absolute Gasteiger partial charge is 0.387 e. The van der Waals surface area contributed by atoms with Crippen LogP contribution in [0.25, 0.3) is 0 Å². The number of alkyl halides is 2. The van der Waals surface area contributed by atoms with E-state index in [1.54, 1.807) is 6.20 Å². The molecule has 1 atom stereocenters. The van der Waals surface area contributed by atoms with Gasteiger partial charge in [0, 0.05) is 44.6 Å². The van der Waals surface area contributed by atoms with E-state index in [9.17, 15) is 13.6 Å². The van der Waals surface area contributed by atoms with Gasteiger partial charge >= 0.3 is 0 Å². The highest BCUT2D eigenvalue weighted by molar-refractivity contribution is 6.39. The van der Waals surface area contributed by atoms with E-state index in [2.05, 4.69) is 20.4 Å². The zero-order valence-corrected chi connectivity index (χ0v) is 14.5. The summed E-state index contributed by atoms with van der Waals surface area (Å²) in [5.41, 5.74) is 0.802. The Morgan fingerprint density at radius 3 is 2.96 bits per heavy atom. The molecule has 0 radical (unpaired) electrons. The van der Waals surface area contributed by atoms with Gasteiger partial charge in [-0.2, -0.15) is 0 Å². The number of oxime groups is 1. The SMILES string of the molecule is O=C(NC1CC(F)(F)C1)C1=NO[C@@]2(CCCN(Cc3ccccn3)C2)C1. The van der Waals surface area contributed by atoms with Crippen LogP contribution in [0, 0.1) is 0 Å². The molecular formula is C18H22F2N4O2. The van der Waals surface area contributed by atoms with Gasteiger partial charge in [0.15, 0.2) is 5.60 Å². The van der Waals surface area contributed by atoms with Crippen molar-refractivity contribution in [3.8, 4) is 0 Å². The Kier molecular flexibility index (Phi) is 4.38.